The maximum Gasteiger partial charge on any atom is 0.276 e. The minimum absolute atomic E-state index is 0.00337. The van der Waals surface area contributed by atoms with Gasteiger partial charge < -0.3 is 9.88 Å². The number of halogens is 2. The van der Waals surface area contributed by atoms with Crippen LogP contribution in [-0.4, -0.2) is 20.1 Å². The van der Waals surface area contributed by atoms with Gasteiger partial charge in [-0.05, 0) is 54.8 Å². The highest BCUT2D eigenvalue weighted by atomic mass is 19.1. The minimum Gasteiger partial charge on any atom is -0.352 e. The highest BCUT2D eigenvalue weighted by Crippen LogP contribution is 2.21. The van der Waals surface area contributed by atoms with Crippen molar-refractivity contribution in [3.05, 3.63) is 93.5 Å². The van der Waals surface area contributed by atoms with Crippen LogP contribution in [0, 0.1) is 25.5 Å². The number of nitrogens with zero attached hydrogens (tertiary/aromatic N) is 3. The van der Waals surface area contributed by atoms with E-state index in [1.165, 1.54) is 14.6 Å². The quantitative estimate of drug-likeness (QED) is 0.500. The highest BCUT2D eigenvalue weighted by Gasteiger charge is 2.11. The van der Waals surface area contributed by atoms with Crippen molar-refractivity contribution in [3.8, 4) is 11.3 Å². The molecule has 0 bridgehead atoms. The summed E-state index contributed by atoms with van der Waals surface area (Å²) in [7, 11) is 0. The zero-order valence-corrected chi connectivity index (χ0v) is 17.7. The summed E-state index contributed by atoms with van der Waals surface area (Å²) >= 11 is 0. The van der Waals surface area contributed by atoms with E-state index < -0.39 is 11.6 Å². The van der Waals surface area contributed by atoms with Crippen molar-refractivity contribution >= 4 is 11.4 Å². The molecule has 8 heteroatoms. The van der Waals surface area contributed by atoms with Crippen LogP contribution in [0.25, 0.3) is 16.8 Å². The van der Waals surface area contributed by atoms with Crippen LogP contribution in [0.3, 0.4) is 0 Å². The van der Waals surface area contributed by atoms with Crippen molar-refractivity contribution in [3.63, 3.8) is 0 Å². The summed E-state index contributed by atoms with van der Waals surface area (Å²) in [5.41, 5.74) is 4.43. The normalized spacial score (nSPS) is 11.1. The molecule has 0 unspecified atom stereocenters. The molecule has 164 valence electrons. The van der Waals surface area contributed by atoms with Gasteiger partial charge in [0.1, 0.15) is 17.2 Å². The van der Waals surface area contributed by atoms with Gasteiger partial charge in [0.2, 0.25) is 5.91 Å². The molecule has 0 aliphatic rings. The molecule has 1 N–H and O–H groups in total. The summed E-state index contributed by atoms with van der Waals surface area (Å²) in [5.74, 6) is -1.73. The van der Waals surface area contributed by atoms with Crippen LogP contribution in [-0.2, 0) is 17.9 Å². The third-order valence-electron chi connectivity index (χ3n) is 5.40. The first kappa shape index (κ1) is 21.4. The van der Waals surface area contributed by atoms with Crippen LogP contribution in [0.2, 0.25) is 0 Å². The molecule has 0 saturated carbocycles. The van der Waals surface area contributed by atoms with E-state index in [-0.39, 0.29) is 31.0 Å². The molecule has 0 radical (unpaired) electrons. The molecular weight excluding hydrogens is 414 g/mol. The first-order valence-corrected chi connectivity index (χ1v) is 10.2. The van der Waals surface area contributed by atoms with Gasteiger partial charge in [-0.3, -0.25) is 9.59 Å². The molecule has 2 aromatic carbocycles. The number of amides is 1. The molecule has 6 nitrogen and oxygen atoms in total. The Bertz CT molecular complexity index is 1350. The van der Waals surface area contributed by atoms with E-state index in [1.54, 1.807) is 18.5 Å². The van der Waals surface area contributed by atoms with E-state index in [4.69, 9.17) is 0 Å². The minimum atomic E-state index is -0.699. The van der Waals surface area contributed by atoms with Gasteiger partial charge >= 0.3 is 0 Å². The number of rotatable bonds is 6. The van der Waals surface area contributed by atoms with E-state index in [2.05, 4.69) is 10.4 Å². The molecule has 0 spiro atoms. The zero-order valence-electron chi connectivity index (χ0n) is 17.7. The Labute approximate surface area is 183 Å². The fraction of sp³-hybridized carbons (Fsp3) is 0.208. The van der Waals surface area contributed by atoms with E-state index in [9.17, 15) is 18.4 Å². The van der Waals surface area contributed by atoms with E-state index in [0.717, 1.165) is 29.3 Å². The van der Waals surface area contributed by atoms with Gasteiger partial charge in [0.05, 0.1) is 5.69 Å². The van der Waals surface area contributed by atoms with Gasteiger partial charge in [-0.2, -0.15) is 5.10 Å². The van der Waals surface area contributed by atoms with Gasteiger partial charge in [-0.15, -0.1) is 0 Å². The molecule has 0 aliphatic carbocycles. The number of nitrogens with one attached hydrogen (secondary N) is 1. The monoisotopic (exact) mass is 436 g/mol. The molecule has 2 aromatic heterocycles. The topological polar surface area (TPSA) is 68.4 Å². The first-order valence-electron chi connectivity index (χ1n) is 10.2. The molecule has 0 aliphatic heterocycles. The summed E-state index contributed by atoms with van der Waals surface area (Å²) in [4.78, 5) is 25.0. The number of carbonyl (C=O) groups excluding carboxylic acids is 1. The van der Waals surface area contributed by atoms with Crippen LogP contribution in [0.15, 0.2) is 59.7 Å². The SMILES string of the molecule is Cc1ccc(-c2cc3c(=O)n(CCC(=O)NCc4cc(F)cc(F)c4)ccn3n2)cc1C. The molecule has 32 heavy (non-hydrogen) atoms. The van der Waals surface area contributed by atoms with Crippen molar-refractivity contribution in [2.75, 3.05) is 0 Å². The molecule has 4 aromatic rings. The van der Waals surface area contributed by atoms with Crippen molar-refractivity contribution in [1.82, 2.24) is 19.5 Å². The lowest BCUT2D eigenvalue weighted by Gasteiger charge is -2.08. The van der Waals surface area contributed by atoms with Crippen molar-refractivity contribution < 1.29 is 13.6 Å². The number of fused-ring (bicyclic) bond motifs is 1. The van der Waals surface area contributed by atoms with Crippen LogP contribution >= 0.6 is 0 Å². The fourth-order valence-electron chi connectivity index (χ4n) is 3.47. The van der Waals surface area contributed by atoms with Gasteiger partial charge in [0.15, 0.2) is 0 Å². The Kier molecular flexibility index (Phi) is 5.85. The Balaban J connectivity index is 1.45. The number of benzene rings is 2. The smallest absolute Gasteiger partial charge is 0.276 e. The predicted molar refractivity (Wildman–Crippen MR) is 117 cm³/mol. The molecule has 0 saturated heterocycles. The average molecular weight is 436 g/mol. The van der Waals surface area contributed by atoms with Crippen molar-refractivity contribution in [1.29, 1.82) is 0 Å². The summed E-state index contributed by atoms with van der Waals surface area (Å²) in [6, 6.07) is 10.9. The number of hydrogen-bond acceptors (Lipinski definition) is 3. The Morgan fingerprint density at radius 3 is 2.47 bits per heavy atom. The van der Waals surface area contributed by atoms with Gasteiger partial charge in [0.25, 0.3) is 5.56 Å². The standard InChI is InChI=1S/C24H22F2N4O2/c1-15-3-4-18(9-16(15)2)21-13-22-24(32)29(7-8-30(22)28-21)6-5-23(31)27-14-17-10-19(25)12-20(26)11-17/h3-4,7-13H,5-6,14H2,1-2H3,(H,27,31). The maximum atomic E-state index is 13.2. The largest absolute Gasteiger partial charge is 0.352 e. The van der Waals surface area contributed by atoms with Crippen LogP contribution in [0.1, 0.15) is 23.1 Å². The molecule has 0 atom stereocenters. The van der Waals surface area contributed by atoms with Crippen LogP contribution < -0.4 is 10.9 Å². The van der Waals surface area contributed by atoms with Crippen molar-refractivity contribution in [2.45, 2.75) is 33.4 Å². The Morgan fingerprint density at radius 2 is 1.75 bits per heavy atom. The van der Waals surface area contributed by atoms with Gasteiger partial charge in [-0.25, -0.2) is 13.3 Å². The fourth-order valence-corrected chi connectivity index (χ4v) is 3.47. The maximum absolute atomic E-state index is 13.2. The second-order valence-corrected chi connectivity index (χ2v) is 7.76. The Morgan fingerprint density at radius 1 is 1.00 bits per heavy atom. The van der Waals surface area contributed by atoms with Gasteiger partial charge in [0, 0.05) is 43.5 Å². The van der Waals surface area contributed by atoms with Crippen molar-refractivity contribution in [2.24, 2.45) is 0 Å². The zero-order chi connectivity index (χ0) is 22.8. The predicted octanol–water partition coefficient (Wildman–Crippen LogP) is 3.76. The number of aromatic nitrogens is 3. The molecular formula is C24H22F2N4O2. The lowest BCUT2D eigenvalue weighted by atomic mass is 10.0. The second-order valence-electron chi connectivity index (χ2n) is 7.76. The summed E-state index contributed by atoms with van der Waals surface area (Å²) < 4.78 is 29.5. The van der Waals surface area contributed by atoms with E-state index >= 15 is 0 Å². The van der Waals surface area contributed by atoms with E-state index in [0.29, 0.717) is 16.8 Å². The van der Waals surface area contributed by atoms with Crippen LogP contribution in [0.4, 0.5) is 8.78 Å². The highest BCUT2D eigenvalue weighted by molar-refractivity contribution is 5.75. The first-order chi connectivity index (χ1) is 15.3. The molecule has 0 fully saturated rings. The summed E-state index contributed by atoms with van der Waals surface area (Å²) in [6.07, 6.45) is 3.31. The van der Waals surface area contributed by atoms with Gasteiger partial charge in [-0.1, -0.05) is 12.1 Å². The van der Waals surface area contributed by atoms with E-state index in [1.807, 2.05) is 32.0 Å². The third kappa shape index (κ3) is 4.59. The lowest BCUT2D eigenvalue weighted by molar-refractivity contribution is -0.121. The second kappa shape index (κ2) is 8.74. The molecule has 2 heterocycles. The lowest BCUT2D eigenvalue weighted by Crippen LogP contribution is -2.27. The molecule has 4 rings (SSSR count). The number of carbonyl (C=O) groups is 1. The Hall–Kier alpha value is -3.81. The summed E-state index contributed by atoms with van der Waals surface area (Å²) in [6.45, 7) is 4.23. The number of aryl methyl sites for hydroxylation is 3. The van der Waals surface area contributed by atoms with Crippen LogP contribution in [0.5, 0.6) is 0 Å². The number of hydrogen-bond donors (Lipinski definition) is 1. The molecule has 1 amide bonds. The third-order valence-corrected chi connectivity index (χ3v) is 5.40. The average Bonchev–Trinajstić information content (AvgIpc) is 3.18. The summed E-state index contributed by atoms with van der Waals surface area (Å²) in [5, 5.41) is 7.10.